The molecule has 0 bridgehead atoms. The summed E-state index contributed by atoms with van der Waals surface area (Å²) in [5.41, 5.74) is 1.46. The first kappa shape index (κ1) is 38.7. The number of ether oxygens (including phenoxy) is 6. The first-order chi connectivity index (χ1) is 19.9. The molecule has 0 aromatic rings. The number of carbonyl (C=O) groups excluding carboxylic acids is 6. The summed E-state index contributed by atoms with van der Waals surface area (Å²) in [5.74, 6) is -0.871. The molecule has 0 radical (unpaired) electrons. The fraction of sp³-hybridized carbons (Fsp3) is 0.571. The lowest BCUT2D eigenvalue weighted by Crippen LogP contribution is -2.15. The molecule has 0 spiro atoms. The highest BCUT2D eigenvalue weighted by atomic mass is 32.2. The number of hydrogen-bond acceptors (Lipinski definition) is 14. The molecule has 42 heavy (non-hydrogen) atoms. The minimum absolute atomic E-state index is 0.0865. The van der Waals surface area contributed by atoms with Crippen LogP contribution < -0.4 is 0 Å². The molecule has 0 aliphatic rings. The molecule has 0 N–H and O–H groups in total. The van der Waals surface area contributed by atoms with Crippen molar-refractivity contribution in [2.24, 2.45) is 0 Å². The van der Waals surface area contributed by atoms with Gasteiger partial charge in [0.1, 0.15) is 39.6 Å². The van der Waals surface area contributed by atoms with Crippen LogP contribution in [0, 0.1) is 0 Å². The van der Waals surface area contributed by atoms with Crippen molar-refractivity contribution in [1.29, 1.82) is 0 Å². The summed E-state index contributed by atoms with van der Waals surface area (Å²) in [6.45, 7) is 13.9. The predicted molar refractivity (Wildman–Crippen MR) is 158 cm³/mol. The second-order valence-electron chi connectivity index (χ2n) is 8.57. The SMILES string of the molecule is C=C(CSCCOC(=O)CCC(=O)OCCOC(=O)C(=C)C)CSCCOC(=O)CCC(=O)OCCOC(=O)C(=C)C. The van der Waals surface area contributed by atoms with Crippen molar-refractivity contribution in [2.45, 2.75) is 39.5 Å². The summed E-state index contributed by atoms with van der Waals surface area (Å²) >= 11 is 3.09. The van der Waals surface area contributed by atoms with Crippen LogP contribution in [0.4, 0.5) is 0 Å². The van der Waals surface area contributed by atoms with Crippen molar-refractivity contribution >= 4 is 59.3 Å². The van der Waals surface area contributed by atoms with Gasteiger partial charge in [-0.2, -0.15) is 23.5 Å². The fourth-order valence-corrected chi connectivity index (χ4v) is 4.03. The molecule has 0 aliphatic carbocycles. The van der Waals surface area contributed by atoms with Gasteiger partial charge in [0.25, 0.3) is 0 Å². The zero-order chi connectivity index (χ0) is 31.8. The van der Waals surface area contributed by atoms with Crippen molar-refractivity contribution in [1.82, 2.24) is 0 Å². The van der Waals surface area contributed by atoms with Crippen molar-refractivity contribution in [3.8, 4) is 0 Å². The van der Waals surface area contributed by atoms with E-state index in [4.69, 9.17) is 28.4 Å². The van der Waals surface area contributed by atoms with Crippen LogP contribution in [0.1, 0.15) is 39.5 Å². The van der Waals surface area contributed by atoms with Gasteiger partial charge in [-0.1, -0.05) is 25.3 Å². The van der Waals surface area contributed by atoms with Gasteiger partial charge in [-0.15, -0.1) is 0 Å². The van der Waals surface area contributed by atoms with Crippen LogP contribution in [0.3, 0.4) is 0 Å². The second kappa shape index (κ2) is 24.3. The Morgan fingerprint density at radius 3 is 1.07 bits per heavy atom. The van der Waals surface area contributed by atoms with E-state index >= 15 is 0 Å². The molecule has 0 rings (SSSR count). The van der Waals surface area contributed by atoms with Gasteiger partial charge in [0.15, 0.2) is 0 Å². The van der Waals surface area contributed by atoms with Crippen LogP contribution in [-0.2, 0) is 57.2 Å². The maximum absolute atomic E-state index is 11.7. The summed E-state index contributed by atoms with van der Waals surface area (Å²) < 4.78 is 29.5. The molecule has 0 fully saturated rings. The zero-order valence-corrected chi connectivity index (χ0v) is 25.9. The molecule has 12 nitrogen and oxygen atoms in total. The van der Waals surface area contributed by atoms with E-state index in [1.807, 2.05) is 0 Å². The maximum Gasteiger partial charge on any atom is 0.333 e. The molecule has 0 saturated carbocycles. The van der Waals surface area contributed by atoms with Gasteiger partial charge in [0.2, 0.25) is 0 Å². The van der Waals surface area contributed by atoms with Crippen LogP contribution in [0.25, 0.3) is 0 Å². The van der Waals surface area contributed by atoms with E-state index in [1.54, 1.807) is 23.5 Å². The molecule has 0 aromatic carbocycles. The number of rotatable bonds is 24. The van der Waals surface area contributed by atoms with Crippen LogP contribution in [0.5, 0.6) is 0 Å². The third-order valence-electron chi connectivity index (χ3n) is 4.52. The molecular weight excluding hydrogens is 592 g/mol. The number of hydrogen-bond donors (Lipinski definition) is 0. The Morgan fingerprint density at radius 2 is 0.762 bits per heavy atom. The molecule has 0 aliphatic heterocycles. The lowest BCUT2D eigenvalue weighted by Gasteiger charge is -2.08. The summed E-state index contributed by atoms with van der Waals surface area (Å²) in [6.07, 6.45) is -0.483. The van der Waals surface area contributed by atoms with Crippen molar-refractivity contribution in [2.75, 3.05) is 62.7 Å². The largest absolute Gasteiger partial charge is 0.465 e. The molecular formula is C28H40O12S2. The predicted octanol–water partition coefficient (Wildman–Crippen LogP) is 2.98. The first-order valence-corrected chi connectivity index (χ1v) is 15.3. The third kappa shape index (κ3) is 23.4. The molecule has 0 unspecified atom stereocenters. The van der Waals surface area contributed by atoms with E-state index in [2.05, 4.69) is 19.7 Å². The third-order valence-corrected chi connectivity index (χ3v) is 6.65. The minimum Gasteiger partial charge on any atom is -0.465 e. The zero-order valence-electron chi connectivity index (χ0n) is 24.2. The van der Waals surface area contributed by atoms with Gasteiger partial charge in [0, 0.05) is 34.2 Å². The van der Waals surface area contributed by atoms with Crippen LogP contribution in [0.2, 0.25) is 0 Å². The van der Waals surface area contributed by atoms with Gasteiger partial charge in [-0.05, 0) is 13.8 Å². The molecule has 0 atom stereocenters. The molecule has 0 aromatic heterocycles. The van der Waals surface area contributed by atoms with Crippen LogP contribution in [0.15, 0.2) is 36.5 Å². The number of thioether (sulfide) groups is 2. The summed E-state index contributed by atoms with van der Waals surface area (Å²) in [7, 11) is 0. The Morgan fingerprint density at radius 1 is 0.476 bits per heavy atom. The van der Waals surface area contributed by atoms with E-state index in [-0.39, 0.29) is 76.5 Å². The minimum atomic E-state index is -0.589. The number of esters is 6. The summed E-state index contributed by atoms with van der Waals surface area (Å²) in [5, 5.41) is 0. The van der Waals surface area contributed by atoms with Gasteiger partial charge >= 0.3 is 35.8 Å². The highest BCUT2D eigenvalue weighted by molar-refractivity contribution is 8.00. The van der Waals surface area contributed by atoms with Gasteiger partial charge in [0.05, 0.1) is 25.7 Å². The Bertz CT molecular complexity index is 887. The quantitative estimate of drug-likeness (QED) is 0.0503. The maximum atomic E-state index is 11.7. The first-order valence-electron chi connectivity index (χ1n) is 13.0. The summed E-state index contributed by atoms with van der Waals surface area (Å²) in [4.78, 5) is 69.1. The molecule has 14 heteroatoms. The lowest BCUT2D eigenvalue weighted by atomic mass is 10.3. The van der Waals surface area contributed by atoms with E-state index in [9.17, 15) is 28.8 Å². The lowest BCUT2D eigenvalue weighted by molar-refractivity contribution is -0.152. The van der Waals surface area contributed by atoms with E-state index in [0.29, 0.717) is 23.0 Å². The average molecular weight is 633 g/mol. The summed E-state index contributed by atoms with van der Waals surface area (Å²) in [6, 6.07) is 0. The van der Waals surface area contributed by atoms with Crippen molar-refractivity contribution in [3.63, 3.8) is 0 Å². The fourth-order valence-electron chi connectivity index (χ4n) is 2.43. The Hall–Kier alpha value is -3.26. The van der Waals surface area contributed by atoms with E-state index < -0.39 is 35.8 Å². The van der Waals surface area contributed by atoms with E-state index in [0.717, 1.165) is 5.57 Å². The molecule has 0 heterocycles. The Labute approximate surface area is 254 Å². The van der Waals surface area contributed by atoms with Crippen molar-refractivity contribution in [3.05, 3.63) is 36.5 Å². The second-order valence-corrected chi connectivity index (χ2v) is 10.8. The Kier molecular flexibility index (Phi) is 22.5. The number of carbonyl (C=O) groups is 6. The smallest absolute Gasteiger partial charge is 0.333 e. The topological polar surface area (TPSA) is 158 Å². The van der Waals surface area contributed by atoms with Gasteiger partial charge < -0.3 is 28.4 Å². The molecule has 0 amide bonds. The van der Waals surface area contributed by atoms with E-state index in [1.165, 1.54) is 13.8 Å². The highest BCUT2D eigenvalue weighted by Gasteiger charge is 2.11. The normalized spacial score (nSPS) is 10.1. The standard InChI is InChI=1S/C28H40O12S2/c1-20(2)27(33)39-12-10-35-23(29)6-8-25(31)37-14-16-41-18-22(5)19-42-17-15-38-26(32)9-7-24(30)36-11-13-40-28(34)21(3)4/h1,3,5-19H2,2,4H3. The highest BCUT2D eigenvalue weighted by Crippen LogP contribution is 2.13. The monoisotopic (exact) mass is 632 g/mol. The van der Waals surface area contributed by atoms with Crippen LogP contribution in [-0.4, -0.2) is 98.5 Å². The van der Waals surface area contributed by atoms with Gasteiger partial charge in [-0.25, -0.2) is 9.59 Å². The van der Waals surface area contributed by atoms with Gasteiger partial charge in [-0.3, -0.25) is 19.2 Å². The molecule has 236 valence electrons. The molecule has 0 saturated heterocycles. The average Bonchev–Trinajstić information content (AvgIpc) is 2.94. The van der Waals surface area contributed by atoms with Crippen LogP contribution >= 0.6 is 23.5 Å². The Balaban J connectivity index is 3.65. The van der Waals surface area contributed by atoms with Crippen molar-refractivity contribution < 1.29 is 57.2 Å².